The molecule has 1 aromatic carbocycles. The zero-order valence-electron chi connectivity index (χ0n) is 12.3. The molecule has 2 rings (SSSR count). The van der Waals surface area contributed by atoms with Gasteiger partial charge in [0.05, 0.1) is 21.1 Å². The molecule has 0 N–H and O–H groups in total. The Morgan fingerprint density at radius 1 is 1.30 bits per heavy atom. The van der Waals surface area contributed by atoms with Crippen LogP contribution < -0.4 is 0 Å². The van der Waals surface area contributed by atoms with Crippen LogP contribution in [0.4, 0.5) is 4.79 Å². The van der Waals surface area contributed by atoms with Crippen molar-refractivity contribution < 1.29 is 19.1 Å². The molecular formula is C15H13Cl2NO4S. The highest BCUT2D eigenvalue weighted by Crippen LogP contribution is 2.33. The summed E-state index contributed by atoms with van der Waals surface area (Å²) >= 11 is 12.5. The van der Waals surface area contributed by atoms with Crippen molar-refractivity contribution in [2.75, 3.05) is 6.54 Å². The summed E-state index contributed by atoms with van der Waals surface area (Å²) < 4.78 is 4.95. The van der Waals surface area contributed by atoms with Gasteiger partial charge in [-0.25, -0.2) is 0 Å². The van der Waals surface area contributed by atoms with Gasteiger partial charge in [-0.15, -0.1) is 0 Å². The van der Waals surface area contributed by atoms with E-state index in [9.17, 15) is 14.4 Å². The van der Waals surface area contributed by atoms with Crippen LogP contribution in [0.15, 0.2) is 23.1 Å². The molecule has 1 saturated heterocycles. The van der Waals surface area contributed by atoms with Crippen molar-refractivity contribution in [3.8, 4) is 0 Å². The summed E-state index contributed by atoms with van der Waals surface area (Å²) in [6.07, 6.45) is 1.22. The van der Waals surface area contributed by atoms with E-state index in [2.05, 4.69) is 0 Å². The monoisotopic (exact) mass is 373 g/mol. The number of ether oxygens (including phenoxy) is 1. The summed E-state index contributed by atoms with van der Waals surface area (Å²) in [5.41, 5.74) is 0.634. The highest BCUT2D eigenvalue weighted by atomic mass is 35.5. The Bertz CT molecular complexity index is 703. The lowest BCUT2D eigenvalue weighted by Crippen LogP contribution is -2.35. The van der Waals surface area contributed by atoms with Gasteiger partial charge < -0.3 is 4.74 Å². The fourth-order valence-electron chi connectivity index (χ4n) is 1.82. The SMILES string of the molecule is CC(C)OC(=O)CN1C(=O)S/C(=C/c2ccc(Cl)c(Cl)c2)C1=O. The highest BCUT2D eigenvalue weighted by molar-refractivity contribution is 8.18. The number of imide groups is 1. The Hall–Kier alpha value is -1.50. The molecule has 0 aromatic heterocycles. The molecule has 23 heavy (non-hydrogen) atoms. The van der Waals surface area contributed by atoms with Crippen LogP contribution in [0, 0.1) is 0 Å². The van der Waals surface area contributed by atoms with Crippen molar-refractivity contribution in [1.29, 1.82) is 0 Å². The first-order chi connectivity index (χ1) is 10.8. The maximum atomic E-state index is 12.2. The Labute approximate surface area is 147 Å². The number of benzene rings is 1. The molecule has 8 heteroatoms. The van der Waals surface area contributed by atoms with Crippen molar-refractivity contribution in [2.45, 2.75) is 20.0 Å². The molecular weight excluding hydrogens is 361 g/mol. The minimum Gasteiger partial charge on any atom is -0.462 e. The number of esters is 1. The van der Waals surface area contributed by atoms with Crippen LogP contribution in [0.25, 0.3) is 6.08 Å². The number of carbonyl (C=O) groups excluding carboxylic acids is 3. The lowest BCUT2D eigenvalue weighted by atomic mass is 10.2. The molecule has 1 heterocycles. The van der Waals surface area contributed by atoms with Gasteiger partial charge in [-0.05, 0) is 49.4 Å². The quantitative estimate of drug-likeness (QED) is 0.589. The summed E-state index contributed by atoms with van der Waals surface area (Å²) in [4.78, 5) is 36.8. The predicted molar refractivity (Wildman–Crippen MR) is 90.4 cm³/mol. The molecule has 0 bridgehead atoms. The smallest absolute Gasteiger partial charge is 0.326 e. The molecule has 5 nitrogen and oxygen atoms in total. The summed E-state index contributed by atoms with van der Waals surface area (Å²) in [6, 6.07) is 4.86. The fraction of sp³-hybridized carbons (Fsp3) is 0.267. The number of carbonyl (C=O) groups is 3. The van der Waals surface area contributed by atoms with E-state index in [0.29, 0.717) is 15.6 Å². The van der Waals surface area contributed by atoms with Crippen LogP contribution in [0.2, 0.25) is 10.0 Å². The van der Waals surface area contributed by atoms with Gasteiger partial charge in [-0.3, -0.25) is 19.3 Å². The number of hydrogen-bond donors (Lipinski definition) is 0. The van der Waals surface area contributed by atoms with Gasteiger partial charge in [0, 0.05) is 0 Å². The van der Waals surface area contributed by atoms with Gasteiger partial charge >= 0.3 is 5.97 Å². The number of amides is 2. The van der Waals surface area contributed by atoms with Crippen molar-refractivity contribution >= 4 is 58.2 Å². The Morgan fingerprint density at radius 3 is 2.61 bits per heavy atom. The van der Waals surface area contributed by atoms with Gasteiger partial charge in [-0.2, -0.15) is 0 Å². The van der Waals surface area contributed by atoms with Crippen LogP contribution in [-0.4, -0.2) is 34.7 Å². The molecule has 1 aliphatic rings. The molecule has 0 spiro atoms. The second kappa shape index (κ2) is 7.38. The van der Waals surface area contributed by atoms with Crippen molar-refractivity contribution in [1.82, 2.24) is 4.90 Å². The number of thioether (sulfide) groups is 1. The lowest BCUT2D eigenvalue weighted by molar-refractivity contribution is -0.149. The Morgan fingerprint density at radius 2 is 2.00 bits per heavy atom. The summed E-state index contributed by atoms with van der Waals surface area (Å²) in [5.74, 6) is -1.16. The fourth-order valence-corrected chi connectivity index (χ4v) is 2.96. The van der Waals surface area contributed by atoms with Gasteiger partial charge in [-0.1, -0.05) is 29.3 Å². The van der Waals surface area contributed by atoms with Crippen molar-refractivity contribution in [3.63, 3.8) is 0 Å². The number of nitrogens with zero attached hydrogens (tertiary/aromatic N) is 1. The second-order valence-electron chi connectivity index (χ2n) is 4.98. The number of halogens is 2. The maximum absolute atomic E-state index is 12.2. The molecule has 122 valence electrons. The van der Waals surface area contributed by atoms with E-state index < -0.39 is 23.7 Å². The lowest BCUT2D eigenvalue weighted by Gasteiger charge is -2.13. The first-order valence-electron chi connectivity index (χ1n) is 6.68. The zero-order chi connectivity index (χ0) is 17.1. The van der Waals surface area contributed by atoms with E-state index >= 15 is 0 Å². The van der Waals surface area contributed by atoms with E-state index in [1.54, 1.807) is 32.0 Å². The van der Waals surface area contributed by atoms with Gasteiger partial charge in [0.1, 0.15) is 6.54 Å². The Kier molecular flexibility index (Phi) is 5.73. The predicted octanol–water partition coefficient (Wildman–Crippen LogP) is 3.98. The van der Waals surface area contributed by atoms with Gasteiger partial charge in [0.25, 0.3) is 11.1 Å². The van der Waals surface area contributed by atoms with E-state index in [4.69, 9.17) is 27.9 Å². The van der Waals surface area contributed by atoms with Crippen molar-refractivity contribution in [3.05, 3.63) is 38.7 Å². The topological polar surface area (TPSA) is 63.7 Å². The average molecular weight is 374 g/mol. The minimum absolute atomic E-state index is 0.214. The first kappa shape index (κ1) is 17.8. The van der Waals surface area contributed by atoms with E-state index in [-0.39, 0.29) is 11.0 Å². The van der Waals surface area contributed by atoms with Gasteiger partial charge in [0.15, 0.2) is 0 Å². The van der Waals surface area contributed by atoms with Crippen molar-refractivity contribution in [2.24, 2.45) is 0 Å². The molecule has 1 aliphatic heterocycles. The second-order valence-corrected chi connectivity index (χ2v) is 6.79. The molecule has 1 aromatic rings. The third-order valence-corrected chi connectivity index (χ3v) is 4.42. The summed E-state index contributed by atoms with van der Waals surface area (Å²) in [6.45, 7) is 2.98. The third-order valence-electron chi connectivity index (χ3n) is 2.77. The molecule has 0 atom stereocenters. The maximum Gasteiger partial charge on any atom is 0.326 e. The van der Waals surface area contributed by atoms with Crippen LogP contribution in [0.5, 0.6) is 0 Å². The van der Waals surface area contributed by atoms with Crippen LogP contribution >= 0.6 is 35.0 Å². The molecule has 2 amide bonds. The standard InChI is InChI=1S/C15H13Cl2NO4S/c1-8(2)22-13(19)7-18-14(20)12(23-15(18)21)6-9-3-4-10(16)11(17)5-9/h3-6,8H,7H2,1-2H3/b12-6+. The highest BCUT2D eigenvalue weighted by Gasteiger charge is 2.36. The van der Waals surface area contributed by atoms with Crippen LogP contribution in [-0.2, 0) is 14.3 Å². The van der Waals surface area contributed by atoms with Gasteiger partial charge in [0.2, 0.25) is 0 Å². The molecule has 0 radical (unpaired) electrons. The Balaban J connectivity index is 2.15. The largest absolute Gasteiger partial charge is 0.462 e. The average Bonchev–Trinajstić information content (AvgIpc) is 2.70. The first-order valence-corrected chi connectivity index (χ1v) is 8.25. The normalized spacial score (nSPS) is 16.6. The minimum atomic E-state index is -0.627. The van der Waals surface area contributed by atoms with E-state index in [0.717, 1.165) is 16.7 Å². The molecule has 0 saturated carbocycles. The summed E-state index contributed by atoms with van der Waals surface area (Å²) in [5, 5.41) is 0.232. The van der Waals surface area contributed by atoms with Crippen LogP contribution in [0.1, 0.15) is 19.4 Å². The zero-order valence-corrected chi connectivity index (χ0v) is 14.7. The third kappa shape index (κ3) is 4.50. The number of rotatable bonds is 4. The van der Waals surface area contributed by atoms with E-state index in [1.807, 2.05) is 0 Å². The van der Waals surface area contributed by atoms with Crippen LogP contribution in [0.3, 0.4) is 0 Å². The molecule has 0 aliphatic carbocycles. The number of hydrogen-bond acceptors (Lipinski definition) is 5. The summed E-state index contributed by atoms with van der Waals surface area (Å²) in [7, 11) is 0. The molecule has 1 fully saturated rings. The molecule has 0 unspecified atom stereocenters. The van der Waals surface area contributed by atoms with E-state index in [1.165, 1.54) is 6.08 Å².